The van der Waals surface area contributed by atoms with Crippen LogP contribution in [0.4, 0.5) is 0 Å². The molecule has 0 spiro atoms. The van der Waals surface area contributed by atoms with E-state index in [1.165, 1.54) is 17.8 Å². The van der Waals surface area contributed by atoms with Gasteiger partial charge < -0.3 is 0 Å². The van der Waals surface area contributed by atoms with Gasteiger partial charge in [-0.2, -0.15) is 0 Å². The Morgan fingerprint density at radius 2 is 1.90 bits per heavy atom. The average Bonchev–Trinajstić information content (AvgIpc) is 2.68. The highest BCUT2D eigenvalue weighted by molar-refractivity contribution is 9.11. The van der Waals surface area contributed by atoms with Gasteiger partial charge in [0, 0.05) is 10.9 Å². The van der Waals surface area contributed by atoms with Crippen LogP contribution in [0.3, 0.4) is 0 Å². The van der Waals surface area contributed by atoms with E-state index in [9.17, 15) is 8.42 Å². The first-order valence-electron chi connectivity index (χ1n) is 7.39. The third-order valence-electron chi connectivity index (χ3n) is 4.32. The number of nitrogens with one attached hydrogen (secondary N) is 1. The molecule has 1 saturated carbocycles. The quantitative estimate of drug-likeness (QED) is 0.808. The average molecular weight is 394 g/mol. The fourth-order valence-electron chi connectivity index (χ4n) is 3.27. The van der Waals surface area contributed by atoms with Gasteiger partial charge in [-0.05, 0) is 53.1 Å². The number of aryl methyl sites for hydroxylation is 1. The Kier molecular flexibility index (Phi) is 5.23. The lowest BCUT2D eigenvalue weighted by molar-refractivity contribution is 0.144. The second kappa shape index (κ2) is 6.30. The van der Waals surface area contributed by atoms with Crippen molar-refractivity contribution in [2.75, 3.05) is 0 Å². The van der Waals surface area contributed by atoms with Gasteiger partial charge in [-0.1, -0.05) is 33.6 Å². The molecule has 0 saturated heterocycles. The molecule has 1 aliphatic carbocycles. The van der Waals surface area contributed by atoms with Crippen LogP contribution in [0.5, 0.6) is 0 Å². The first-order chi connectivity index (χ1) is 9.61. The number of halogens is 1. The number of rotatable bonds is 3. The summed E-state index contributed by atoms with van der Waals surface area (Å²) in [7, 11) is -3.43. The van der Waals surface area contributed by atoms with Gasteiger partial charge in [0.2, 0.25) is 10.0 Å². The summed E-state index contributed by atoms with van der Waals surface area (Å²) < 4.78 is 29.2. The Labute approximate surface area is 140 Å². The summed E-state index contributed by atoms with van der Waals surface area (Å²) in [5, 5.41) is 0. The summed E-state index contributed by atoms with van der Waals surface area (Å²) in [6, 6.07) is 1.75. The van der Waals surface area contributed by atoms with Crippen molar-refractivity contribution < 1.29 is 8.42 Å². The highest BCUT2D eigenvalue weighted by Gasteiger charge is 2.36. The molecule has 0 radical (unpaired) electrons. The predicted molar refractivity (Wildman–Crippen MR) is 92.3 cm³/mol. The van der Waals surface area contributed by atoms with Crippen LogP contribution in [0, 0.1) is 18.3 Å². The zero-order valence-corrected chi connectivity index (χ0v) is 16.3. The highest BCUT2D eigenvalue weighted by atomic mass is 79.9. The Morgan fingerprint density at radius 1 is 1.29 bits per heavy atom. The summed E-state index contributed by atoms with van der Waals surface area (Å²) in [6.07, 6.45) is 4.34. The van der Waals surface area contributed by atoms with Crippen LogP contribution in [0.2, 0.25) is 0 Å². The second-order valence-electron chi connectivity index (χ2n) is 6.96. The molecule has 0 amide bonds. The van der Waals surface area contributed by atoms with E-state index in [1.807, 2.05) is 6.92 Å². The third-order valence-corrected chi connectivity index (χ3v) is 7.62. The minimum absolute atomic E-state index is 0.0434. The monoisotopic (exact) mass is 393 g/mol. The van der Waals surface area contributed by atoms with Crippen molar-refractivity contribution in [3.05, 3.63) is 14.7 Å². The molecule has 1 fully saturated rings. The first-order valence-corrected chi connectivity index (χ1v) is 10.5. The van der Waals surface area contributed by atoms with Crippen LogP contribution in [-0.2, 0) is 10.0 Å². The molecule has 1 heterocycles. The summed E-state index contributed by atoms with van der Waals surface area (Å²) in [5.74, 6) is 0.392. The molecular formula is C15H24BrNO2S2. The molecule has 2 unspecified atom stereocenters. The van der Waals surface area contributed by atoms with E-state index in [1.54, 1.807) is 6.07 Å². The van der Waals surface area contributed by atoms with E-state index in [4.69, 9.17) is 0 Å². The molecule has 1 aromatic rings. The minimum atomic E-state index is -3.43. The van der Waals surface area contributed by atoms with E-state index in [0.717, 1.165) is 27.9 Å². The van der Waals surface area contributed by atoms with Crippen LogP contribution in [0.1, 0.15) is 51.3 Å². The van der Waals surface area contributed by atoms with Gasteiger partial charge in [0.05, 0.1) is 8.68 Å². The standard InChI is InChI=1S/C15H24BrNO2S2/c1-10-13(9-14(16)20-10)21(18,19)17-12-8-6-5-7-11(12)15(2,3)4/h9,11-12,17H,5-8H2,1-4H3. The lowest BCUT2D eigenvalue weighted by atomic mass is 9.70. The van der Waals surface area contributed by atoms with E-state index in [0.29, 0.717) is 10.8 Å². The fraction of sp³-hybridized carbons (Fsp3) is 0.733. The fourth-order valence-corrected chi connectivity index (χ4v) is 6.99. The Morgan fingerprint density at radius 3 is 2.43 bits per heavy atom. The molecule has 0 aliphatic heterocycles. The van der Waals surface area contributed by atoms with Crippen LogP contribution >= 0.6 is 27.3 Å². The molecule has 0 aromatic carbocycles. The zero-order valence-electron chi connectivity index (χ0n) is 13.1. The first kappa shape index (κ1) is 17.4. The maximum atomic E-state index is 12.7. The molecule has 120 valence electrons. The van der Waals surface area contributed by atoms with Gasteiger partial charge in [0.1, 0.15) is 0 Å². The van der Waals surface area contributed by atoms with Gasteiger partial charge >= 0.3 is 0 Å². The van der Waals surface area contributed by atoms with Gasteiger partial charge in [-0.3, -0.25) is 0 Å². The molecule has 2 rings (SSSR count). The summed E-state index contributed by atoms with van der Waals surface area (Å²) >= 11 is 4.83. The summed E-state index contributed by atoms with van der Waals surface area (Å²) in [5.41, 5.74) is 0.123. The zero-order chi connectivity index (χ0) is 15.8. The van der Waals surface area contributed by atoms with E-state index in [2.05, 4.69) is 41.4 Å². The Balaban J connectivity index is 2.24. The van der Waals surface area contributed by atoms with Crippen LogP contribution < -0.4 is 4.72 Å². The summed E-state index contributed by atoms with van der Waals surface area (Å²) in [4.78, 5) is 1.25. The molecule has 21 heavy (non-hydrogen) atoms. The number of thiophene rings is 1. The Bertz CT molecular complexity index is 602. The summed E-state index contributed by atoms with van der Waals surface area (Å²) in [6.45, 7) is 8.47. The van der Waals surface area contributed by atoms with Crippen LogP contribution in [0.25, 0.3) is 0 Å². The molecule has 1 aromatic heterocycles. The van der Waals surface area contributed by atoms with Crippen molar-refractivity contribution in [2.24, 2.45) is 11.3 Å². The van der Waals surface area contributed by atoms with Crippen molar-refractivity contribution in [1.29, 1.82) is 0 Å². The maximum Gasteiger partial charge on any atom is 0.241 e. The Hall–Kier alpha value is 0.0900. The molecule has 6 heteroatoms. The van der Waals surface area contributed by atoms with E-state index < -0.39 is 10.0 Å². The lowest BCUT2D eigenvalue weighted by Gasteiger charge is -2.40. The van der Waals surface area contributed by atoms with Crippen molar-refractivity contribution in [2.45, 2.75) is 64.3 Å². The predicted octanol–water partition coefficient (Wildman–Crippen LogP) is 4.70. The molecule has 3 nitrogen and oxygen atoms in total. The van der Waals surface area contributed by atoms with Crippen molar-refractivity contribution in [3.8, 4) is 0 Å². The van der Waals surface area contributed by atoms with Gasteiger partial charge in [-0.15, -0.1) is 11.3 Å². The van der Waals surface area contributed by atoms with Crippen LogP contribution in [-0.4, -0.2) is 14.5 Å². The smallest absolute Gasteiger partial charge is 0.208 e. The van der Waals surface area contributed by atoms with Crippen molar-refractivity contribution in [3.63, 3.8) is 0 Å². The van der Waals surface area contributed by atoms with Crippen molar-refractivity contribution in [1.82, 2.24) is 4.72 Å². The van der Waals surface area contributed by atoms with Crippen molar-refractivity contribution >= 4 is 37.3 Å². The lowest BCUT2D eigenvalue weighted by Crippen LogP contribution is -2.46. The minimum Gasteiger partial charge on any atom is -0.208 e. The maximum absolute atomic E-state index is 12.7. The third kappa shape index (κ3) is 4.09. The number of hydrogen-bond donors (Lipinski definition) is 1. The number of hydrogen-bond acceptors (Lipinski definition) is 3. The SMILES string of the molecule is Cc1sc(Br)cc1S(=O)(=O)NC1CCCCC1C(C)(C)C. The van der Waals surface area contributed by atoms with Gasteiger partial charge in [0.15, 0.2) is 0 Å². The molecular weight excluding hydrogens is 370 g/mol. The van der Waals surface area contributed by atoms with E-state index >= 15 is 0 Å². The second-order valence-corrected chi connectivity index (χ2v) is 11.3. The topological polar surface area (TPSA) is 46.2 Å². The molecule has 1 N–H and O–H groups in total. The highest BCUT2D eigenvalue weighted by Crippen LogP contribution is 2.39. The van der Waals surface area contributed by atoms with Crippen LogP contribution in [0.15, 0.2) is 14.7 Å². The number of sulfonamides is 1. The largest absolute Gasteiger partial charge is 0.241 e. The van der Waals surface area contributed by atoms with Gasteiger partial charge in [0.25, 0.3) is 0 Å². The molecule has 1 aliphatic rings. The normalized spacial score (nSPS) is 24.2. The van der Waals surface area contributed by atoms with Gasteiger partial charge in [-0.25, -0.2) is 13.1 Å². The molecule has 2 atom stereocenters. The molecule has 0 bridgehead atoms. The van der Waals surface area contributed by atoms with E-state index in [-0.39, 0.29) is 11.5 Å².